The molecule has 6 atom stereocenters. The van der Waals surface area contributed by atoms with Crippen molar-refractivity contribution in [2.45, 2.75) is 53.1 Å². The molecule has 3 rings (SSSR count). The highest BCUT2D eigenvalue weighted by molar-refractivity contribution is 5.18. The minimum Gasteiger partial charge on any atom is -0.377 e. The first-order chi connectivity index (χ1) is 9.08. The highest BCUT2D eigenvalue weighted by atomic mass is 16.5. The van der Waals surface area contributed by atoms with E-state index in [1.54, 1.807) is 11.1 Å². The van der Waals surface area contributed by atoms with Gasteiger partial charge in [0.2, 0.25) is 0 Å². The molecule has 3 aliphatic rings. The molecule has 0 amide bonds. The van der Waals surface area contributed by atoms with E-state index in [0.717, 1.165) is 24.4 Å². The number of allylic oxidation sites excluding steroid dienone is 3. The third kappa shape index (κ3) is 2.31. The zero-order chi connectivity index (χ0) is 13.6. The van der Waals surface area contributed by atoms with Gasteiger partial charge >= 0.3 is 0 Å². The molecule has 1 saturated heterocycles. The second kappa shape index (κ2) is 5.09. The molecular formula is C18H28O. The summed E-state index contributed by atoms with van der Waals surface area (Å²) in [6.45, 7) is 10.4. The van der Waals surface area contributed by atoms with Crippen molar-refractivity contribution in [3.63, 3.8) is 0 Å². The zero-order valence-corrected chi connectivity index (χ0v) is 12.9. The van der Waals surface area contributed by atoms with E-state index >= 15 is 0 Å². The number of hydrogen-bond donors (Lipinski definition) is 0. The molecule has 0 radical (unpaired) electrons. The molecular weight excluding hydrogens is 232 g/mol. The van der Waals surface area contributed by atoms with Gasteiger partial charge in [-0.2, -0.15) is 0 Å². The van der Waals surface area contributed by atoms with Gasteiger partial charge in [0.15, 0.2) is 0 Å². The van der Waals surface area contributed by atoms with E-state index in [1.165, 1.54) is 19.3 Å². The predicted molar refractivity (Wildman–Crippen MR) is 79.9 cm³/mol. The Hall–Kier alpha value is -0.560. The van der Waals surface area contributed by atoms with Crippen LogP contribution in [0.4, 0.5) is 0 Å². The van der Waals surface area contributed by atoms with Crippen molar-refractivity contribution in [3.8, 4) is 0 Å². The van der Waals surface area contributed by atoms with Gasteiger partial charge in [0.25, 0.3) is 0 Å². The van der Waals surface area contributed by atoms with Crippen molar-refractivity contribution in [1.82, 2.24) is 0 Å². The number of hydrogen-bond acceptors (Lipinski definition) is 1. The molecule has 1 heteroatoms. The third-order valence-electron chi connectivity index (χ3n) is 5.95. The molecule has 0 N–H and O–H groups in total. The highest BCUT2D eigenvalue weighted by Crippen LogP contribution is 2.47. The van der Waals surface area contributed by atoms with Crippen molar-refractivity contribution in [2.24, 2.45) is 29.6 Å². The van der Waals surface area contributed by atoms with Crippen LogP contribution in [0.5, 0.6) is 0 Å². The lowest BCUT2D eigenvalue weighted by molar-refractivity contribution is -0.117. The lowest BCUT2D eigenvalue weighted by Gasteiger charge is -2.50. The first-order valence-electron chi connectivity index (χ1n) is 8.03. The largest absolute Gasteiger partial charge is 0.377 e. The number of rotatable bonds is 1. The SMILES string of the molecule is CC1=CC[C@@H]([C@H]2OC[C@H]3[C@H](C)[C@@H]2C(C)=C[C@@H]3C)CC1. The van der Waals surface area contributed by atoms with Crippen LogP contribution in [0.1, 0.15) is 47.0 Å². The summed E-state index contributed by atoms with van der Waals surface area (Å²) >= 11 is 0. The maximum atomic E-state index is 6.36. The minimum atomic E-state index is 0.472. The lowest BCUT2D eigenvalue weighted by Crippen LogP contribution is -2.49. The third-order valence-corrected chi connectivity index (χ3v) is 5.95. The summed E-state index contributed by atoms with van der Waals surface area (Å²) in [6.07, 6.45) is 9.26. The first kappa shape index (κ1) is 13.4. The van der Waals surface area contributed by atoms with Gasteiger partial charge in [-0.25, -0.2) is 0 Å². The average molecular weight is 260 g/mol. The quantitative estimate of drug-likeness (QED) is 0.626. The summed E-state index contributed by atoms with van der Waals surface area (Å²) in [7, 11) is 0. The summed E-state index contributed by atoms with van der Waals surface area (Å²) in [4.78, 5) is 0. The van der Waals surface area contributed by atoms with Crippen molar-refractivity contribution in [3.05, 3.63) is 23.3 Å². The molecule has 2 bridgehead atoms. The Morgan fingerprint density at radius 3 is 2.68 bits per heavy atom. The summed E-state index contributed by atoms with van der Waals surface area (Å²) in [5, 5.41) is 0. The predicted octanol–water partition coefficient (Wildman–Crippen LogP) is 4.60. The normalized spacial score (nSPS) is 46.5. The van der Waals surface area contributed by atoms with Crippen molar-refractivity contribution in [2.75, 3.05) is 6.61 Å². The standard InChI is InChI=1S/C18H28O/c1-11-5-7-15(8-6-11)18-17-13(3)9-12(2)16(10-19-18)14(17)4/h5,9,12,14-18H,6-8,10H2,1-4H3/t12-,14-,15+,16+,17-,18+/m0/s1. The van der Waals surface area contributed by atoms with Gasteiger partial charge in [-0.05, 0) is 56.8 Å². The average Bonchev–Trinajstić information content (AvgIpc) is 2.37. The Kier molecular flexibility index (Phi) is 3.59. The van der Waals surface area contributed by atoms with Crippen LogP contribution in [0, 0.1) is 29.6 Å². The smallest absolute Gasteiger partial charge is 0.0674 e. The monoisotopic (exact) mass is 260 g/mol. The van der Waals surface area contributed by atoms with E-state index in [-0.39, 0.29) is 0 Å². The van der Waals surface area contributed by atoms with Crippen LogP contribution < -0.4 is 0 Å². The summed E-state index contributed by atoms with van der Waals surface area (Å²) in [5.41, 5.74) is 3.16. The van der Waals surface area contributed by atoms with E-state index in [0.29, 0.717) is 17.9 Å². The molecule has 1 heterocycles. The van der Waals surface area contributed by atoms with E-state index in [4.69, 9.17) is 4.74 Å². The van der Waals surface area contributed by atoms with E-state index in [9.17, 15) is 0 Å². The van der Waals surface area contributed by atoms with Gasteiger partial charge in [-0.1, -0.05) is 37.1 Å². The summed E-state index contributed by atoms with van der Waals surface area (Å²) < 4.78 is 6.36. The fourth-order valence-corrected chi connectivity index (χ4v) is 4.71. The topological polar surface area (TPSA) is 9.23 Å². The zero-order valence-electron chi connectivity index (χ0n) is 12.9. The number of ether oxygens (including phenoxy) is 1. The molecule has 0 spiro atoms. The highest BCUT2D eigenvalue weighted by Gasteiger charge is 2.45. The van der Waals surface area contributed by atoms with E-state index in [2.05, 4.69) is 39.8 Å². The molecule has 2 aliphatic carbocycles. The molecule has 106 valence electrons. The van der Waals surface area contributed by atoms with E-state index < -0.39 is 0 Å². The Morgan fingerprint density at radius 1 is 1.21 bits per heavy atom. The van der Waals surface area contributed by atoms with Gasteiger partial charge in [0.05, 0.1) is 12.7 Å². The second-order valence-electron chi connectivity index (χ2n) is 7.20. The van der Waals surface area contributed by atoms with Crippen molar-refractivity contribution >= 4 is 0 Å². The van der Waals surface area contributed by atoms with Gasteiger partial charge in [0.1, 0.15) is 0 Å². The van der Waals surface area contributed by atoms with Gasteiger partial charge in [-0.3, -0.25) is 0 Å². The maximum Gasteiger partial charge on any atom is 0.0674 e. The Balaban J connectivity index is 1.82. The van der Waals surface area contributed by atoms with Crippen LogP contribution >= 0.6 is 0 Å². The summed E-state index contributed by atoms with van der Waals surface area (Å²) in [6, 6.07) is 0. The van der Waals surface area contributed by atoms with Crippen molar-refractivity contribution in [1.29, 1.82) is 0 Å². The van der Waals surface area contributed by atoms with Crippen LogP contribution in [-0.2, 0) is 4.74 Å². The molecule has 0 unspecified atom stereocenters. The van der Waals surface area contributed by atoms with Crippen molar-refractivity contribution < 1.29 is 4.74 Å². The van der Waals surface area contributed by atoms with Crippen LogP contribution in [0.2, 0.25) is 0 Å². The Morgan fingerprint density at radius 2 is 2.00 bits per heavy atom. The molecule has 1 fully saturated rings. The molecule has 19 heavy (non-hydrogen) atoms. The van der Waals surface area contributed by atoms with Crippen LogP contribution in [0.3, 0.4) is 0 Å². The van der Waals surface area contributed by atoms with Crippen LogP contribution in [0.15, 0.2) is 23.3 Å². The molecule has 0 aromatic rings. The Bertz CT molecular complexity index is 406. The van der Waals surface area contributed by atoms with Gasteiger partial charge in [-0.15, -0.1) is 0 Å². The molecule has 1 nitrogen and oxygen atoms in total. The minimum absolute atomic E-state index is 0.472. The molecule has 0 aromatic carbocycles. The van der Waals surface area contributed by atoms with Gasteiger partial charge < -0.3 is 4.74 Å². The molecule has 0 aromatic heterocycles. The second-order valence-corrected chi connectivity index (χ2v) is 7.20. The van der Waals surface area contributed by atoms with E-state index in [1.807, 2.05) is 0 Å². The fourth-order valence-electron chi connectivity index (χ4n) is 4.71. The first-order valence-corrected chi connectivity index (χ1v) is 8.03. The lowest BCUT2D eigenvalue weighted by atomic mass is 9.63. The number of fused-ring (bicyclic) bond motifs is 2. The summed E-state index contributed by atoms with van der Waals surface area (Å²) in [5.74, 6) is 3.65. The maximum absolute atomic E-state index is 6.36. The molecule has 1 aliphatic heterocycles. The fraction of sp³-hybridized carbons (Fsp3) is 0.778. The van der Waals surface area contributed by atoms with Gasteiger partial charge in [0, 0.05) is 5.92 Å². The van der Waals surface area contributed by atoms with Crippen LogP contribution in [-0.4, -0.2) is 12.7 Å². The van der Waals surface area contributed by atoms with Crippen LogP contribution in [0.25, 0.3) is 0 Å². The molecule has 0 saturated carbocycles. The Labute approximate surface area is 118 Å².